The van der Waals surface area contributed by atoms with E-state index in [1.807, 2.05) is 30.3 Å². The van der Waals surface area contributed by atoms with E-state index in [1.165, 1.54) is 5.69 Å². The topological polar surface area (TPSA) is 71.2 Å². The van der Waals surface area contributed by atoms with Crippen LogP contribution in [0.3, 0.4) is 0 Å². The summed E-state index contributed by atoms with van der Waals surface area (Å²) in [5, 5.41) is 10.3. The minimum Gasteiger partial charge on any atom is -0.497 e. The molecule has 6 nitrogen and oxygen atoms in total. The van der Waals surface area contributed by atoms with Gasteiger partial charge in [0.2, 0.25) is 0 Å². The highest BCUT2D eigenvalue weighted by Gasteiger charge is 2.20. The van der Waals surface area contributed by atoms with Gasteiger partial charge >= 0.3 is 0 Å². The van der Waals surface area contributed by atoms with Gasteiger partial charge in [-0.1, -0.05) is 12.1 Å². The fourth-order valence-corrected chi connectivity index (χ4v) is 3.14. The van der Waals surface area contributed by atoms with E-state index in [9.17, 15) is 5.11 Å². The molecule has 0 amide bonds. The molecule has 140 valence electrons. The van der Waals surface area contributed by atoms with Gasteiger partial charge in [-0.3, -0.25) is 4.90 Å². The van der Waals surface area contributed by atoms with Crippen molar-refractivity contribution >= 4 is 11.4 Å². The molecule has 0 aromatic heterocycles. The van der Waals surface area contributed by atoms with Crippen molar-refractivity contribution in [2.45, 2.75) is 6.10 Å². The summed E-state index contributed by atoms with van der Waals surface area (Å²) in [5.41, 5.74) is 7.56. The average molecular weight is 357 g/mol. The number of nitrogens with zero attached hydrogens (tertiary/aromatic N) is 2. The lowest BCUT2D eigenvalue weighted by Gasteiger charge is -2.37. The van der Waals surface area contributed by atoms with Crippen LogP contribution in [0.2, 0.25) is 0 Å². The van der Waals surface area contributed by atoms with Crippen LogP contribution < -0.4 is 20.1 Å². The zero-order valence-corrected chi connectivity index (χ0v) is 15.2. The fraction of sp³-hybridized carbons (Fsp3) is 0.400. The van der Waals surface area contributed by atoms with Gasteiger partial charge in [-0.05, 0) is 24.3 Å². The number of methoxy groups -OCH3 is 1. The van der Waals surface area contributed by atoms with Gasteiger partial charge in [0.05, 0.1) is 7.11 Å². The number of anilines is 2. The second-order valence-electron chi connectivity index (χ2n) is 6.53. The van der Waals surface area contributed by atoms with E-state index < -0.39 is 6.10 Å². The van der Waals surface area contributed by atoms with Crippen LogP contribution in [0.1, 0.15) is 0 Å². The van der Waals surface area contributed by atoms with Crippen molar-refractivity contribution in [2.24, 2.45) is 0 Å². The van der Waals surface area contributed by atoms with Crippen molar-refractivity contribution in [3.63, 3.8) is 0 Å². The van der Waals surface area contributed by atoms with Crippen LogP contribution >= 0.6 is 0 Å². The maximum absolute atomic E-state index is 10.3. The molecule has 2 aromatic carbocycles. The van der Waals surface area contributed by atoms with E-state index in [0.717, 1.165) is 31.9 Å². The maximum atomic E-state index is 10.3. The van der Waals surface area contributed by atoms with Gasteiger partial charge in [-0.15, -0.1) is 0 Å². The Labute approximate surface area is 154 Å². The molecular formula is C20H27N3O3. The Morgan fingerprint density at radius 1 is 1.04 bits per heavy atom. The summed E-state index contributed by atoms with van der Waals surface area (Å²) in [7, 11) is 1.68. The smallest absolute Gasteiger partial charge is 0.121 e. The lowest BCUT2D eigenvalue weighted by molar-refractivity contribution is 0.0663. The van der Waals surface area contributed by atoms with Crippen molar-refractivity contribution in [3.05, 3.63) is 48.5 Å². The first kappa shape index (κ1) is 18.4. The lowest BCUT2D eigenvalue weighted by Crippen LogP contribution is -2.49. The summed E-state index contributed by atoms with van der Waals surface area (Å²) in [6, 6.07) is 15.4. The summed E-state index contributed by atoms with van der Waals surface area (Å²) in [5.74, 6) is 1.56. The van der Waals surface area contributed by atoms with E-state index in [0.29, 0.717) is 18.0 Å². The third-order valence-corrected chi connectivity index (χ3v) is 4.56. The van der Waals surface area contributed by atoms with E-state index in [-0.39, 0.29) is 6.61 Å². The van der Waals surface area contributed by atoms with Gasteiger partial charge in [0.1, 0.15) is 24.2 Å². The number of piperazine rings is 1. The van der Waals surface area contributed by atoms with Crippen LogP contribution in [0.4, 0.5) is 11.4 Å². The molecule has 1 aliphatic rings. The van der Waals surface area contributed by atoms with Crippen LogP contribution in [0.25, 0.3) is 0 Å². The van der Waals surface area contributed by atoms with Crippen LogP contribution in [0.5, 0.6) is 11.5 Å². The Morgan fingerprint density at radius 2 is 1.77 bits per heavy atom. The first-order chi connectivity index (χ1) is 12.6. The summed E-state index contributed by atoms with van der Waals surface area (Å²) >= 11 is 0. The van der Waals surface area contributed by atoms with Gasteiger partial charge in [0.15, 0.2) is 0 Å². The molecule has 0 saturated carbocycles. The molecule has 6 heteroatoms. The van der Waals surface area contributed by atoms with E-state index in [4.69, 9.17) is 15.2 Å². The Morgan fingerprint density at radius 3 is 2.50 bits per heavy atom. The van der Waals surface area contributed by atoms with Crippen LogP contribution in [0, 0.1) is 0 Å². The SMILES string of the molecule is COc1cccc(N2CCN(CC(O)COc3cccc(N)c3)CC2)c1. The molecule has 0 spiro atoms. The largest absolute Gasteiger partial charge is 0.497 e. The van der Waals surface area contributed by atoms with Crippen molar-refractivity contribution < 1.29 is 14.6 Å². The fourth-order valence-electron chi connectivity index (χ4n) is 3.14. The monoisotopic (exact) mass is 357 g/mol. The molecule has 26 heavy (non-hydrogen) atoms. The second-order valence-corrected chi connectivity index (χ2v) is 6.53. The third-order valence-electron chi connectivity index (χ3n) is 4.56. The molecule has 1 fully saturated rings. The van der Waals surface area contributed by atoms with E-state index in [2.05, 4.69) is 21.9 Å². The predicted molar refractivity (Wildman–Crippen MR) is 104 cm³/mol. The van der Waals surface area contributed by atoms with Crippen molar-refractivity contribution in [3.8, 4) is 11.5 Å². The van der Waals surface area contributed by atoms with Crippen LogP contribution in [-0.2, 0) is 0 Å². The minimum atomic E-state index is -0.528. The molecule has 1 saturated heterocycles. The Hall–Kier alpha value is -2.44. The van der Waals surface area contributed by atoms with Gasteiger partial charge in [0.25, 0.3) is 0 Å². The second kappa shape index (κ2) is 8.78. The number of nitrogen functional groups attached to an aromatic ring is 1. The number of ether oxygens (including phenoxy) is 2. The summed E-state index contributed by atoms with van der Waals surface area (Å²) in [6.07, 6.45) is -0.528. The van der Waals surface area contributed by atoms with E-state index >= 15 is 0 Å². The standard InChI is InChI=1S/C20H27N3O3/c1-25-19-6-3-5-17(13-19)23-10-8-22(9-11-23)14-18(24)15-26-20-7-2-4-16(21)12-20/h2-7,12-13,18,24H,8-11,14-15,21H2,1H3. The maximum Gasteiger partial charge on any atom is 0.121 e. The Balaban J connectivity index is 1.43. The van der Waals surface area contributed by atoms with Gasteiger partial charge in [0, 0.05) is 56.2 Å². The summed E-state index contributed by atoms with van der Waals surface area (Å²) in [4.78, 5) is 4.61. The van der Waals surface area contributed by atoms with Crippen molar-refractivity contribution in [1.82, 2.24) is 4.90 Å². The zero-order valence-electron chi connectivity index (χ0n) is 15.2. The Bertz CT molecular complexity index is 702. The van der Waals surface area contributed by atoms with E-state index in [1.54, 1.807) is 13.2 Å². The number of aliphatic hydroxyl groups is 1. The highest BCUT2D eigenvalue weighted by molar-refractivity contribution is 5.51. The number of hydrogen-bond acceptors (Lipinski definition) is 6. The molecular weight excluding hydrogens is 330 g/mol. The normalized spacial score (nSPS) is 16.3. The highest BCUT2D eigenvalue weighted by Crippen LogP contribution is 2.22. The van der Waals surface area contributed by atoms with Crippen LogP contribution in [0.15, 0.2) is 48.5 Å². The molecule has 0 aliphatic carbocycles. The highest BCUT2D eigenvalue weighted by atomic mass is 16.5. The quantitative estimate of drug-likeness (QED) is 0.737. The average Bonchev–Trinajstić information content (AvgIpc) is 2.67. The van der Waals surface area contributed by atoms with Crippen LogP contribution in [-0.4, -0.2) is 62.6 Å². The number of hydrogen-bond donors (Lipinski definition) is 2. The first-order valence-corrected chi connectivity index (χ1v) is 8.92. The molecule has 3 rings (SSSR count). The molecule has 3 N–H and O–H groups in total. The molecule has 1 unspecified atom stereocenters. The van der Waals surface area contributed by atoms with Gasteiger partial charge in [-0.25, -0.2) is 0 Å². The van der Waals surface area contributed by atoms with Crippen molar-refractivity contribution in [1.29, 1.82) is 0 Å². The third kappa shape index (κ3) is 5.03. The predicted octanol–water partition coefficient (Wildman–Crippen LogP) is 1.84. The molecule has 0 bridgehead atoms. The Kier molecular flexibility index (Phi) is 6.20. The summed E-state index contributed by atoms with van der Waals surface area (Å²) < 4.78 is 10.9. The minimum absolute atomic E-state index is 0.263. The van der Waals surface area contributed by atoms with Gasteiger partial charge in [-0.2, -0.15) is 0 Å². The molecule has 2 aromatic rings. The zero-order chi connectivity index (χ0) is 18.4. The first-order valence-electron chi connectivity index (χ1n) is 8.92. The molecule has 0 radical (unpaired) electrons. The number of aliphatic hydroxyl groups excluding tert-OH is 1. The number of β-amino-alcohol motifs (C(OH)–C–C–N with tert-alkyl or cyclic N) is 1. The number of benzene rings is 2. The molecule has 1 heterocycles. The van der Waals surface area contributed by atoms with Crippen molar-refractivity contribution in [2.75, 3.05) is 57.1 Å². The number of nitrogens with two attached hydrogens (primary N) is 1. The molecule has 1 atom stereocenters. The lowest BCUT2D eigenvalue weighted by atomic mass is 10.2. The number of rotatable bonds is 7. The van der Waals surface area contributed by atoms with Gasteiger partial charge < -0.3 is 25.2 Å². The molecule has 1 aliphatic heterocycles. The summed E-state index contributed by atoms with van der Waals surface area (Å²) in [6.45, 7) is 4.54.